The largest absolute Gasteiger partial charge is 0.326 e. The van der Waals surface area contributed by atoms with Crippen molar-refractivity contribution >= 4 is 34.9 Å². The predicted octanol–water partition coefficient (Wildman–Crippen LogP) is 3.03. The Morgan fingerprint density at radius 2 is 1.69 bits per heavy atom. The summed E-state index contributed by atoms with van der Waals surface area (Å²) >= 11 is 0. The molecule has 0 fully saturated rings. The molecule has 1 atom stereocenters. The fourth-order valence-electron chi connectivity index (χ4n) is 3.27. The summed E-state index contributed by atoms with van der Waals surface area (Å²) in [6.45, 7) is 1.43. The van der Waals surface area contributed by atoms with Gasteiger partial charge < -0.3 is 16.0 Å². The van der Waals surface area contributed by atoms with Crippen LogP contribution in [0.15, 0.2) is 60.8 Å². The number of nitrogens with one attached hydrogen (secondary N) is 3. The first kappa shape index (κ1) is 18.4. The fraction of sp³-hybridized carbons (Fsp3) is 0.143. The first-order chi connectivity index (χ1) is 14.0. The second-order valence-corrected chi connectivity index (χ2v) is 6.73. The molecule has 2 aromatic carbocycles. The third kappa shape index (κ3) is 3.86. The summed E-state index contributed by atoms with van der Waals surface area (Å²) in [5.74, 6) is -0.239. The van der Waals surface area contributed by atoms with E-state index >= 15 is 0 Å². The fourth-order valence-corrected chi connectivity index (χ4v) is 3.27. The Bertz CT molecular complexity index is 1070. The quantitative estimate of drug-likeness (QED) is 0.638. The molecule has 4 rings (SSSR count). The lowest BCUT2D eigenvalue weighted by Gasteiger charge is -2.24. The zero-order valence-corrected chi connectivity index (χ0v) is 15.7. The lowest BCUT2D eigenvalue weighted by molar-refractivity contribution is -0.125. The number of fused-ring (bicyclic) bond motifs is 1. The highest BCUT2D eigenvalue weighted by atomic mass is 16.2. The molecule has 8 nitrogen and oxygen atoms in total. The van der Waals surface area contributed by atoms with Crippen molar-refractivity contribution in [3.8, 4) is 11.1 Å². The van der Waals surface area contributed by atoms with E-state index in [2.05, 4.69) is 21.0 Å². The Labute approximate surface area is 166 Å². The van der Waals surface area contributed by atoms with Gasteiger partial charge in [-0.25, -0.2) is 4.68 Å². The van der Waals surface area contributed by atoms with Crippen molar-refractivity contribution in [2.24, 2.45) is 0 Å². The monoisotopic (exact) mass is 389 g/mol. The second kappa shape index (κ2) is 7.59. The molecule has 3 aromatic rings. The van der Waals surface area contributed by atoms with Crippen LogP contribution in [-0.2, 0) is 14.4 Å². The third-order valence-electron chi connectivity index (χ3n) is 4.59. The molecule has 0 aliphatic carbocycles. The minimum atomic E-state index is -0.758. The molecular weight excluding hydrogens is 370 g/mol. The number of hydrogen-bond donors (Lipinski definition) is 3. The Balaban J connectivity index is 1.57. The van der Waals surface area contributed by atoms with Crippen LogP contribution >= 0.6 is 0 Å². The maximum atomic E-state index is 12.9. The zero-order valence-electron chi connectivity index (χ0n) is 15.7. The van der Waals surface area contributed by atoms with Crippen LogP contribution in [0.3, 0.4) is 0 Å². The number of carbonyl (C=O) groups excluding carboxylic acids is 3. The number of carbonyl (C=O) groups is 3. The number of amides is 3. The maximum Gasteiger partial charge on any atom is 0.249 e. The molecule has 1 aromatic heterocycles. The van der Waals surface area contributed by atoms with Crippen molar-refractivity contribution in [1.82, 2.24) is 9.78 Å². The number of anilines is 3. The third-order valence-corrected chi connectivity index (χ3v) is 4.59. The van der Waals surface area contributed by atoms with Crippen molar-refractivity contribution in [2.75, 3.05) is 16.0 Å². The van der Waals surface area contributed by atoms with Gasteiger partial charge in [-0.3, -0.25) is 14.4 Å². The molecule has 0 saturated carbocycles. The van der Waals surface area contributed by atoms with Gasteiger partial charge in [0, 0.05) is 23.9 Å². The van der Waals surface area contributed by atoms with Gasteiger partial charge in [-0.05, 0) is 29.8 Å². The first-order valence-corrected chi connectivity index (χ1v) is 9.12. The highest BCUT2D eigenvalue weighted by Gasteiger charge is 2.33. The molecule has 1 aliphatic rings. The zero-order chi connectivity index (χ0) is 20.4. The summed E-state index contributed by atoms with van der Waals surface area (Å²) in [5, 5.41) is 12.7. The van der Waals surface area contributed by atoms with Crippen LogP contribution in [0, 0.1) is 0 Å². The van der Waals surface area contributed by atoms with Crippen LogP contribution in [0.4, 0.5) is 17.2 Å². The number of benzene rings is 2. The molecule has 0 unspecified atom stereocenters. The Morgan fingerprint density at radius 1 is 1.03 bits per heavy atom. The van der Waals surface area contributed by atoms with Gasteiger partial charge in [-0.15, -0.1) is 0 Å². The normalized spacial score (nSPS) is 15.2. The second-order valence-electron chi connectivity index (χ2n) is 6.73. The lowest BCUT2D eigenvalue weighted by Crippen LogP contribution is -2.35. The molecule has 0 saturated heterocycles. The molecular formula is C21H19N5O3. The average molecular weight is 389 g/mol. The van der Waals surface area contributed by atoms with E-state index in [-0.39, 0.29) is 24.1 Å². The topological polar surface area (TPSA) is 105 Å². The van der Waals surface area contributed by atoms with Gasteiger partial charge in [0.05, 0.1) is 12.6 Å². The standard InChI is InChI=1S/C21H19N5O3/c1-13(27)23-15-7-9-16(10-8-15)24-21(29)18-11-19(28)25-20-17(12-22-26(18)20)14-5-3-2-4-6-14/h2-10,12,18H,11H2,1H3,(H,23,27)(H,24,29)(H,25,28)/t18-/m0/s1. The molecule has 3 amide bonds. The minimum absolute atomic E-state index is 0.00127. The van der Waals surface area contributed by atoms with E-state index in [0.29, 0.717) is 17.2 Å². The van der Waals surface area contributed by atoms with Gasteiger partial charge in [0.15, 0.2) is 0 Å². The lowest BCUT2D eigenvalue weighted by atomic mass is 10.1. The number of hydrogen-bond acceptors (Lipinski definition) is 4. The maximum absolute atomic E-state index is 12.9. The van der Waals surface area contributed by atoms with E-state index in [1.807, 2.05) is 30.3 Å². The predicted molar refractivity (Wildman–Crippen MR) is 109 cm³/mol. The van der Waals surface area contributed by atoms with Crippen molar-refractivity contribution in [1.29, 1.82) is 0 Å². The number of nitrogens with zero attached hydrogens (tertiary/aromatic N) is 2. The van der Waals surface area contributed by atoms with E-state index in [0.717, 1.165) is 11.1 Å². The van der Waals surface area contributed by atoms with Gasteiger partial charge in [-0.1, -0.05) is 30.3 Å². The van der Waals surface area contributed by atoms with Crippen molar-refractivity contribution < 1.29 is 14.4 Å². The Morgan fingerprint density at radius 3 is 2.34 bits per heavy atom. The van der Waals surface area contributed by atoms with Crippen molar-refractivity contribution in [3.63, 3.8) is 0 Å². The molecule has 3 N–H and O–H groups in total. The van der Waals surface area contributed by atoms with Gasteiger partial charge in [0.2, 0.25) is 17.7 Å². The van der Waals surface area contributed by atoms with Crippen LogP contribution in [-0.4, -0.2) is 27.5 Å². The molecule has 1 aliphatic heterocycles. The molecule has 2 heterocycles. The highest BCUT2D eigenvalue weighted by molar-refractivity contribution is 6.03. The van der Waals surface area contributed by atoms with E-state index in [4.69, 9.17) is 0 Å². The first-order valence-electron chi connectivity index (χ1n) is 9.12. The van der Waals surface area contributed by atoms with Gasteiger partial charge >= 0.3 is 0 Å². The number of aromatic nitrogens is 2. The van der Waals surface area contributed by atoms with Crippen LogP contribution < -0.4 is 16.0 Å². The van der Waals surface area contributed by atoms with Gasteiger partial charge in [0.25, 0.3) is 0 Å². The van der Waals surface area contributed by atoms with Crippen LogP contribution in [0.1, 0.15) is 19.4 Å². The smallest absolute Gasteiger partial charge is 0.249 e. The van der Waals surface area contributed by atoms with E-state index in [9.17, 15) is 14.4 Å². The highest BCUT2D eigenvalue weighted by Crippen LogP contribution is 2.34. The van der Waals surface area contributed by atoms with Crippen LogP contribution in [0.5, 0.6) is 0 Å². The average Bonchev–Trinajstić information content (AvgIpc) is 3.12. The Kier molecular flexibility index (Phi) is 4.82. The van der Waals surface area contributed by atoms with E-state index in [1.54, 1.807) is 35.1 Å². The molecule has 8 heteroatoms. The SMILES string of the molecule is CC(=O)Nc1ccc(NC(=O)[C@@H]2CC(=O)Nc3c(-c4ccccc4)cnn32)cc1. The summed E-state index contributed by atoms with van der Waals surface area (Å²) in [6.07, 6.45) is 1.65. The van der Waals surface area contributed by atoms with Crippen molar-refractivity contribution in [3.05, 3.63) is 60.8 Å². The van der Waals surface area contributed by atoms with Gasteiger partial charge in [0.1, 0.15) is 11.9 Å². The summed E-state index contributed by atoms with van der Waals surface area (Å²) in [5.41, 5.74) is 2.86. The molecule has 0 bridgehead atoms. The van der Waals surface area contributed by atoms with E-state index < -0.39 is 6.04 Å². The Hall–Kier alpha value is -3.94. The minimum Gasteiger partial charge on any atom is -0.326 e. The molecule has 29 heavy (non-hydrogen) atoms. The van der Waals surface area contributed by atoms with Crippen LogP contribution in [0.25, 0.3) is 11.1 Å². The van der Waals surface area contributed by atoms with Gasteiger partial charge in [-0.2, -0.15) is 5.10 Å². The molecule has 0 radical (unpaired) electrons. The van der Waals surface area contributed by atoms with Crippen molar-refractivity contribution in [2.45, 2.75) is 19.4 Å². The van der Waals surface area contributed by atoms with E-state index in [1.165, 1.54) is 6.92 Å². The number of rotatable bonds is 4. The summed E-state index contributed by atoms with van der Waals surface area (Å²) < 4.78 is 1.55. The summed E-state index contributed by atoms with van der Waals surface area (Å²) in [6, 6.07) is 15.6. The molecule has 146 valence electrons. The van der Waals surface area contributed by atoms with Crippen LogP contribution in [0.2, 0.25) is 0 Å². The molecule has 0 spiro atoms. The summed E-state index contributed by atoms with van der Waals surface area (Å²) in [4.78, 5) is 36.2. The summed E-state index contributed by atoms with van der Waals surface area (Å²) in [7, 11) is 0.